The van der Waals surface area contributed by atoms with Crippen LogP contribution in [0, 0.1) is 0 Å². The highest BCUT2D eigenvalue weighted by Gasteiger charge is 2.20. The highest BCUT2D eigenvalue weighted by atomic mass is 79.9. The summed E-state index contributed by atoms with van der Waals surface area (Å²) >= 11 is 3.39. The van der Waals surface area contributed by atoms with E-state index in [4.69, 9.17) is 4.74 Å². The second-order valence-corrected chi connectivity index (χ2v) is 8.11. The summed E-state index contributed by atoms with van der Waals surface area (Å²) in [6, 6.07) is 12.2. The Hall–Kier alpha value is -2.34. The van der Waals surface area contributed by atoms with E-state index in [0.29, 0.717) is 29.2 Å². The van der Waals surface area contributed by atoms with Crippen LogP contribution in [0.2, 0.25) is 0 Å². The molecule has 0 bridgehead atoms. The van der Waals surface area contributed by atoms with Crippen molar-refractivity contribution < 1.29 is 14.3 Å². The van der Waals surface area contributed by atoms with Gasteiger partial charge in [0.1, 0.15) is 5.75 Å². The molecule has 144 valence electrons. The van der Waals surface area contributed by atoms with Crippen molar-refractivity contribution >= 4 is 33.4 Å². The average molecular weight is 433 g/mol. The van der Waals surface area contributed by atoms with E-state index in [1.807, 2.05) is 33.8 Å². The molecule has 2 aromatic carbocycles. The minimum absolute atomic E-state index is 0.241. The summed E-state index contributed by atoms with van der Waals surface area (Å²) in [5.41, 5.74) is 0.890. The third kappa shape index (κ3) is 6.10. The molecule has 27 heavy (non-hydrogen) atoms. The molecule has 0 radical (unpaired) electrons. The highest BCUT2D eigenvalue weighted by molar-refractivity contribution is 9.10. The zero-order valence-corrected chi connectivity index (χ0v) is 17.6. The summed E-state index contributed by atoms with van der Waals surface area (Å²) in [6.07, 6.45) is 0.840. The van der Waals surface area contributed by atoms with Crippen molar-refractivity contribution in [3.63, 3.8) is 0 Å². The number of benzene rings is 2. The van der Waals surface area contributed by atoms with E-state index in [2.05, 4.69) is 26.6 Å². The third-order valence-electron chi connectivity index (χ3n) is 3.56. The number of anilines is 1. The number of carbonyl (C=O) groups is 2. The van der Waals surface area contributed by atoms with Gasteiger partial charge in [-0.05, 0) is 57.5 Å². The Morgan fingerprint density at radius 3 is 2.41 bits per heavy atom. The number of halogens is 1. The van der Waals surface area contributed by atoms with Crippen LogP contribution in [-0.2, 0) is 0 Å². The molecule has 2 amide bonds. The Balaban J connectivity index is 2.29. The van der Waals surface area contributed by atoms with Crippen molar-refractivity contribution in [1.29, 1.82) is 0 Å². The van der Waals surface area contributed by atoms with E-state index in [9.17, 15) is 9.59 Å². The molecule has 5 nitrogen and oxygen atoms in total. The second kappa shape index (κ2) is 9.04. The van der Waals surface area contributed by atoms with Gasteiger partial charge in [-0.25, -0.2) is 0 Å². The highest BCUT2D eigenvalue weighted by Crippen LogP contribution is 2.25. The summed E-state index contributed by atoms with van der Waals surface area (Å²) in [5, 5.41) is 5.75. The molecule has 0 atom stereocenters. The van der Waals surface area contributed by atoms with Gasteiger partial charge in [0.2, 0.25) is 0 Å². The number of hydrogen-bond donors (Lipinski definition) is 2. The number of rotatable bonds is 6. The number of ether oxygens (including phenoxy) is 1. The van der Waals surface area contributed by atoms with Crippen LogP contribution >= 0.6 is 15.9 Å². The van der Waals surface area contributed by atoms with Crippen molar-refractivity contribution in [2.75, 3.05) is 11.9 Å². The molecule has 0 fully saturated rings. The molecule has 0 unspecified atom stereocenters. The van der Waals surface area contributed by atoms with E-state index in [1.165, 1.54) is 0 Å². The molecule has 0 heterocycles. The minimum Gasteiger partial charge on any atom is -0.493 e. The van der Waals surface area contributed by atoms with Crippen LogP contribution in [0.4, 0.5) is 5.69 Å². The van der Waals surface area contributed by atoms with Crippen LogP contribution in [0.5, 0.6) is 5.75 Å². The molecule has 0 aliphatic carbocycles. The van der Waals surface area contributed by atoms with Crippen LogP contribution in [0.25, 0.3) is 0 Å². The SMILES string of the molecule is CCCOc1ccc(Br)cc1C(=O)Nc1ccccc1C(=O)NC(C)(C)C. The predicted octanol–water partition coefficient (Wildman–Crippen LogP) is 5.02. The normalized spacial score (nSPS) is 11.0. The van der Waals surface area contributed by atoms with Crippen LogP contribution in [0.3, 0.4) is 0 Å². The van der Waals surface area contributed by atoms with Gasteiger partial charge in [0.15, 0.2) is 0 Å². The molecule has 0 aliphatic rings. The fourth-order valence-corrected chi connectivity index (χ4v) is 2.77. The largest absolute Gasteiger partial charge is 0.493 e. The van der Waals surface area contributed by atoms with E-state index in [0.717, 1.165) is 10.9 Å². The van der Waals surface area contributed by atoms with E-state index < -0.39 is 0 Å². The molecular formula is C21H25BrN2O3. The smallest absolute Gasteiger partial charge is 0.259 e. The van der Waals surface area contributed by atoms with Gasteiger partial charge in [0, 0.05) is 10.0 Å². The molecule has 0 aromatic heterocycles. The molecule has 6 heteroatoms. The van der Waals surface area contributed by atoms with E-state index in [1.54, 1.807) is 36.4 Å². The zero-order valence-electron chi connectivity index (χ0n) is 16.1. The topological polar surface area (TPSA) is 67.4 Å². The molecule has 0 saturated carbocycles. The van der Waals surface area contributed by atoms with Gasteiger partial charge in [-0.2, -0.15) is 0 Å². The summed E-state index contributed by atoms with van der Waals surface area (Å²) < 4.78 is 6.46. The van der Waals surface area contributed by atoms with Crippen LogP contribution < -0.4 is 15.4 Å². The Morgan fingerprint density at radius 2 is 1.74 bits per heavy atom. The van der Waals surface area contributed by atoms with Crippen molar-refractivity contribution in [2.24, 2.45) is 0 Å². The van der Waals surface area contributed by atoms with Gasteiger partial charge in [0.05, 0.1) is 23.4 Å². The van der Waals surface area contributed by atoms with Gasteiger partial charge < -0.3 is 15.4 Å². The Kier molecular flexibility index (Phi) is 7.02. The lowest BCUT2D eigenvalue weighted by molar-refractivity contribution is 0.0920. The molecule has 0 aliphatic heterocycles. The van der Waals surface area contributed by atoms with Crippen molar-refractivity contribution in [1.82, 2.24) is 5.32 Å². The van der Waals surface area contributed by atoms with Crippen molar-refractivity contribution in [2.45, 2.75) is 39.7 Å². The molecular weight excluding hydrogens is 408 g/mol. The number of para-hydroxylation sites is 1. The van der Waals surface area contributed by atoms with Crippen LogP contribution in [0.15, 0.2) is 46.9 Å². The average Bonchev–Trinajstić information content (AvgIpc) is 2.59. The first kappa shape index (κ1) is 21.0. The summed E-state index contributed by atoms with van der Waals surface area (Å²) in [6.45, 7) is 8.25. The lowest BCUT2D eigenvalue weighted by Crippen LogP contribution is -2.40. The number of hydrogen-bond acceptors (Lipinski definition) is 3. The first-order valence-corrected chi connectivity index (χ1v) is 9.66. The van der Waals surface area contributed by atoms with E-state index >= 15 is 0 Å². The van der Waals surface area contributed by atoms with Crippen LogP contribution in [-0.4, -0.2) is 24.0 Å². The maximum absolute atomic E-state index is 12.9. The van der Waals surface area contributed by atoms with Gasteiger partial charge in [-0.3, -0.25) is 9.59 Å². The van der Waals surface area contributed by atoms with Gasteiger partial charge in [-0.1, -0.05) is 35.0 Å². The fraction of sp³-hybridized carbons (Fsp3) is 0.333. The predicted molar refractivity (Wildman–Crippen MR) is 112 cm³/mol. The van der Waals surface area contributed by atoms with Crippen molar-refractivity contribution in [3.05, 3.63) is 58.1 Å². The Labute approximate surface area is 168 Å². The summed E-state index contributed by atoms with van der Waals surface area (Å²) in [4.78, 5) is 25.4. The van der Waals surface area contributed by atoms with Gasteiger partial charge >= 0.3 is 0 Å². The monoisotopic (exact) mass is 432 g/mol. The van der Waals surface area contributed by atoms with Crippen LogP contribution in [0.1, 0.15) is 54.8 Å². The standard InChI is InChI=1S/C21H25BrN2O3/c1-5-12-27-18-11-10-14(22)13-16(18)19(25)23-17-9-7-6-8-15(17)20(26)24-21(2,3)4/h6-11,13H,5,12H2,1-4H3,(H,23,25)(H,24,26). The quantitative estimate of drug-likeness (QED) is 0.673. The molecule has 2 rings (SSSR count). The molecule has 0 saturated heterocycles. The number of carbonyl (C=O) groups excluding carboxylic acids is 2. The molecule has 2 aromatic rings. The van der Waals surface area contributed by atoms with Gasteiger partial charge in [-0.15, -0.1) is 0 Å². The molecule has 0 spiro atoms. The Morgan fingerprint density at radius 1 is 1.04 bits per heavy atom. The summed E-state index contributed by atoms with van der Waals surface area (Å²) in [7, 11) is 0. The molecule has 2 N–H and O–H groups in total. The van der Waals surface area contributed by atoms with Gasteiger partial charge in [0.25, 0.3) is 11.8 Å². The fourth-order valence-electron chi connectivity index (χ4n) is 2.41. The first-order chi connectivity index (χ1) is 12.7. The summed E-state index contributed by atoms with van der Waals surface area (Å²) in [5.74, 6) is -0.0670. The maximum atomic E-state index is 12.9. The third-order valence-corrected chi connectivity index (χ3v) is 4.05. The lowest BCUT2D eigenvalue weighted by atomic mass is 10.1. The number of nitrogens with one attached hydrogen (secondary N) is 2. The Bertz CT molecular complexity index is 828. The van der Waals surface area contributed by atoms with E-state index in [-0.39, 0.29) is 17.4 Å². The zero-order chi connectivity index (χ0) is 20.0. The van der Waals surface area contributed by atoms with Crippen molar-refractivity contribution in [3.8, 4) is 5.75 Å². The number of amides is 2. The second-order valence-electron chi connectivity index (χ2n) is 7.19. The lowest BCUT2D eigenvalue weighted by Gasteiger charge is -2.21. The first-order valence-electron chi connectivity index (χ1n) is 8.86. The minimum atomic E-state index is -0.375. The maximum Gasteiger partial charge on any atom is 0.259 e.